The molecular formula is C14H14Br2N2. The molecule has 0 aliphatic heterocycles. The molecule has 4 heteroatoms. The van der Waals surface area contributed by atoms with E-state index in [2.05, 4.69) is 67.3 Å². The molecular weight excluding hydrogens is 356 g/mol. The first-order valence-electron chi connectivity index (χ1n) is 5.74. The predicted octanol–water partition coefficient (Wildman–Crippen LogP) is 4.46. The van der Waals surface area contributed by atoms with Gasteiger partial charge in [0.15, 0.2) is 0 Å². The van der Waals surface area contributed by atoms with E-state index in [9.17, 15) is 0 Å². The molecule has 94 valence electrons. The first-order chi connectivity index (χ1) is 8.65. The molecule has 1 N–H and O–H groups in total. The lowest BCUT2D eigenvalue weighted by Crippen LogP contribution is -2.18. The van der Waals surface area contributed by atoms with Crippen molar-refractivity contribution < 1.29 is 0 Å². The number of nitrogens with one attached hydrogen (secondary N) is 1. The topological polar surface area (TPSA) is 24.9 Å². The summed E-state index contributed by atoms with van der Waals surface area (Å²) in [5.41, 5.74) is 2.31. The van der Waals surface area contributed by atoms with Gasteiger partial charge in [0.1, 0.15) is 0 Å². The van der Waals surface area contributed by atoms with Gasteiger partial charge in [0, 0.05) is 27.7 Å². The molecule has 1 atom stereocenters. The van der Waals surface area contributed by atoms with E-state index in [0.717, 1.165) is 21.2 Å². The second-order valence-corrected chi connectivity index (χ2v) is 5.96. The van der Waals surface area contributed by atoms with Gasteiger partial charge >= 0.3 is 0 Å². The molecule has 1 aromatic carbocycles. The number of hydrogen-bond acceptors (Lipinski definition) is 2. The van der Waals surface area contributed by atoms with E-state index in [1.807, 2.05) is 24.4 Å². The van der Waals surface area contributed by atoms with Crippen LogP contribution in [-0.4, -0.2) is 4.98 Å². The normalized spacial score (nSPS) is 12.4. The minimum absolute atomic E-state index is 0.299. The Morgan fingerprint density at radius 2 is 2.00 bits per heavy atom. The maximum absolute atomic E-state index is 4.34. The van der Waals surface area contributed by atoms with Crippen molar-refractivity contribution in [3.63, 3.8) is 0 Å². The lowest BCUT2D eigenvalue weighted by atomic mass is 10.1. The van der Waals surface area contributed by atoms with Crippen molar-refractivity contribution in [2.75, 3.05) is 0 Å². The van der Waals surface area contributed by atoms with E-state index >= 15 is 0 Å². The summed E-state index contributed by atoms with van der Waals surface area (Å²) in [4.78, 5) is 4.34. The van der Waals surface area contributed by atoms with Crippen molar-refractivity contribution in [3.8, 4) is 0 Å². The van der Waals surface area contributed by atoms with E-state index in [1.165, 1.54) is 5.56 Å². The predicted molar refractivity (Wildman–Crippen MR) is 81.3 cm³/mol. The average molecular weight is 370 g/mol. The molecule has 0 fully saturated rings. The molecule has 2 nitrogen and oxygen atoms in total. The maximum Gasteiger partial charge on any atom is 0.0542 e. The summed E-state index contributed by atoms with van der Waals surface area (Å²) in [6, 6.07) is 12.7. The van der Waals surface area contributed by atoms with Crippen LogP contribution in [-0.2, 0) is 6.54 Å². The van der Waals surface area contributed by atoms with Crippen molar-refractivity contribution in [3.05, 3.63) is 62.8 Å². The van der Waals surface area contributed by atoms with Gasteiger partial charge in [-0.3, -0.25) is 4.98 Å². The van der Waals surface area contributed by atoms with Crippen LogP contribution < -0.4 is 5.32 Å². The van der Waals surface area contributed by atoms with Gasteiger partial charge in [0.2, 0.25) is 0 Å². The molecule has 0 saturated heterocycles. The monoisotopic (exact) mass is 368 g/mol. The van der Waals surface area contributed by atoms with Crippen LogP contribution in [0, 0.1) is 0 Å². The van der Waals surface area contributed by atoms with Crippen molar-refractivity contribution in [1.82, 2.24) is 10.3 Å². The summed E-state index contributed by atoms with van der Waals surface area (Å²) in [6.07, 6.45) is 1.82. The number of pyridine rings is 1. The van der Waals surface area contributed by atoms with E-state index in [4.69, 9.17) is 0 Å². The van der Waals surface area contributed by atoms with Crippen LogP contribution in [0.1, 0.15) is 24.2 Å². The third kappa shape index (κ3) is 3.90. The Balaban J connectivity index is 1.96. The Bertz CT molecular complexity index is 511. The Labute approximate surface area is 124 Å². The highest BCUT2D eigenvalue weighted by atomic mass is 79.9. The zero-order chi connectivity index (χ0) is 13.0. The highest BCUT2D eigenvalue weighted by Gasteiger charge is 2.05. The highest BCUT2D eigenvalue weighted by Crippen LogP contribution is 2.18. The van der Waals surface area contributed by atoms with Crippen LogP contribution in [0.4, 0.5) is 0 Å². The van der Waals surface area contributed by atoms with Crippen molar-refractivity contribution in [2.24, 2.45) is 0 Å². The smallest absolute Gasteiger partial charge is 0.0542 e. The molecule has 1 aromatic heterocycles. The molecule has 0 aliphatic carbocycles. The van der Waals surface area contributed by atoms with Crippen molar-refractivity contribution >= 4 is 31.9 Å². The Kier molecular flexibility index (Phi) is 4.92. The molecule has 1 unspecified atom stereocenters. The largest absolute Gasteiger partial charge is 0.305 e. The van der Waals surface area contributed by atoms with Gasteiger partial charge in [-0.2, -0.15) is 0 Å². The first kappa shape index (κ1) is 13.7. The summed E-state index contributed by atoms with van der Waals surface area (Å²) in [5, 5.41) is 3.46. The number of nitrogens with zero attached hydrogens (tertiary/aromatic N) is 1. The van der Waals surface area contributed by atoms with Crippen LogP contribution in [0.25, 0.3) is 0 Å². The van der Waals surface area contributed by atoms with Crippen LogP contribution in [0.5, 0.6) is 0 Å². The molecule has 0 aliphatic rings. The average Bonchev–Trinajstić information content (AvgIpc) is 2.38. The molecule has 1 heterocycles. The fraction of sp³-hybridized carbons (Fsp3) is 0.214. The number of aromatic nitrogens is 1. The fourth-order valence-corrected chi connectivity index (χ4v) is 2.31. The third-order valence-corrected chi connectivity index (χ3v) is 3.69. The van der Waals surface area contributed by atoms with Gasteiger partial charge in [0.25, 0.3) is 0 Å². The van der Waals surface area contributed by atoms with Crippen LogP contribution in [0.3, 0.4) is 0 Å². The standard InChI is InChI=1S/C14H14Br2N2/c1-10(11-3-2-4-12(15)7-11)17-9-14-6-5-13(16)8-18-14/h2-8,10,17H,9H2,1H3. The van der Waals surface area contributed by atoms with Crippen LogP contribution in [0.2, 0.25) is 0 Å². The Morgan fingerprint density at radius 1 is 1.17 bits per heavy atom. The van der Waals surface area contributed by atoms with E-state index in [1.54, 1.807) is 0 Å². The molecule has 2 aromatic rings. The molecule has 2 rings (SSSR count). The Morgan fingerprint density at radius 3 is 2.67 bits per heavy atom. The summed E-state index contributed by atoms with van der Waals surface area (Å²) < 4.78 is 2.11. The van der Waals surface area contributed by atoms with Gasteiger partial charge in [-0.25, -0.2) is 0 Å². The van der Waals surface area contributed by atoms with Gasteiger partial charge < -0.3 is 5.32 Å². The summed E-state index contributed by atoms with van der Waals surface area (Å²) in [5.74, 6) is 0. The SMILES string of the molecule is CC(NCc1ccc(Br)cn1)c1cccc(Br)c1. The van der Waals surface area contributed by atoms with Gasteiger partial charge in [-0.15, -0.1) is 0 Å². The van der Waals surface area contributed by atoms with E-state index in [0.29, 0.717) is 6.04 Å². The maximum atomic E-state index is 4.34. The Hall–Kier alpha value is -0.710. The van der Waals surface area contributed by atoms with Gasteiger partial charge in [0.05, 0.1) is 5.69 Å². The summed E-state index contributed by atoms with van der Waals surface area (Å²) in [6.45, 7) is 2.92. The lowest BCUT2D eigenvalue weighted by Gasteiger charge is -2.14. The zero-order valence-corrected chi connectivity index (χ0v) is 13.2. The number of rotatable bonds is 4. The van der Waals surface area contributed by atoms with E-state index in [-0.39, 0.29) is 0 Å². The molecule has 0 spiro atoms. The molecule has 0 amide bonds. The highest BCUT2D eigenvalue weighted by molar-refractivity contribution is 9.10. The zero-order valence-electron chi connectivity index (χ0n) is 10.0. The second kappa shape index (κ2) is 6.45. The van der Waals surface area contributed by atoms with Crippen molar-refractivity contribution in [2.45, 2.75) is 19.5 Å². The molecule has 18 heavy (non-hydrogen) atoms. The quantitative estimate of drug-likeness (QED) is 0.860. The van der Waals surface area contributed by atoms with Crippen LogP contribution >= 0.6 is 31.9 Å². The molecule has 0 radical (unpaired) electrons. The van der Waals surface area contributed by atoms with Gasteiger partial charge in [-0.05, 0) is 52.7 Å². The first-order valence-corrected chi connectivity index (χ1v) is 7.33. The van der Waals surface area contributed by atoms with Crippen LogP contribution in [0.15, 0.2) is 51.5 Å². The number of halogens is 2. The lowest BCUT2D eigenvalue weighted by molar-refractivity contribution is 0.567. The summed E-state index contributed by atoms with van der Waals surface area (Å²) >= 11 is 6.87. The number of benzene rings is 1. The fourth-order valence-electron chi connectivity index (χ4n) is 1.66. The van der Waals surface area contributed by atoms with Crippen molar-refractivity contribution in [1.29, 1.82) is 0 Å². The minimum atomic E-state index is 0.299. The summed E-state index contributed by atoms with van der Waals surface area (Å²) in [7, 11) is 0. The van der Waals surface area contributed by atoms with Gasteiger partial charge in [-0.1, -0.05) is 28.1 Å². The molecule has 0 bridgehead atoms. The molecule has 0 saturated carbocycles. The van der Waals surface area contributed by atoms with E-state index < -0.39 is 0 Å². The third-order valence-electron chi connectivity index (χ3n) is 2.73. The number of hydrogen-bond donors (Lipinski definition) is 1. The minimum Gasteiger partial charge on any atom is -0.305 e. The second-order valence-electron chi connectivity index (χ2n) is 4.13.